The number of hydrogen-bond acceptors (Lipinski definition) is 4. The number of hydrogen-bond donors (Lipinski definition) is 2. The first-order valence-electron chi connectivity index (χ1n) is 13.0. The van der Waals surface area contributed by atoms with E-state index in [1.165, 1.54) is 17.0 Å². The first kappa shape index (κ1) is 25.6. The topological polar surface area (TPSA) is 72.9 Å². The summed E-state index contributed by atoms with van der Waals surface area (Å²) in [4.78, 5) is 28.5. The minimum Gasteiger partial charge on any atom is -0.372 e. The van der Waals surface area contributed by atoms with Gasteiger partial charge in [0.05, 0.1) is 0 Å². The highest BCUT2D eigenvalue weighted by Crippen LogP contribution is 2.42. The molecule has 198 valence electrons. The van der Waals surface area contributed by atoms with Gasteiger partial charge in [-0.05, 0) is 67.7 Å². The normalized spacial score (nSPS) is 21.2. The predicted octanol–water partition coefficient (Wildman–Crippen LogP) is 3.88. The number of rotatable bonds is 4. The van der Waals surface area contributed by atoms with Crippen LogP contribution in [0.1, 0.15) is 47.2 Å². The van der Waals surface area contributed by atoms with E-state index in [9.17, 15) is 27.9 Å². The Morgan fingerprint density at radius 2 is 1.54 bits per heavy atom. The van der Waals surface area contributed by atoms with Gasteiger partial charge in [-0.1, -0.05) is 30.3 Å². The molecule has 5 rings (SSSR count). The zero-order chi connectivity index (χ0) is 26.2. The lowest BCUT2D eigenvalue weighted by Gasteiger charge is -2.42. The third-order valence-corrected chi connectivity index (χ3v) is 8.32. The number of nitrogens with zero attached hydrogens (tertiary/aromatic N) is 2. The molecule has 2 aromatic rings. The van der Waals surface area contributed by atoms with Gasteiger partial charge in [-0.15, -0.1) is 0 Å². The van der Waals surface area contributed by atoms with Gasteiger partial charge in [0.1, 0.15) is 0 Å². The maximum Gasteiger partial charge on any atom is 0.430 e. The summed E-state index contributed by atoms with van der Waals surface area (Å²) < 4.78 is 41.8. The monoisotopic (exact) mass is 515 g/mol. The second-order valence-corrected chi connectivity index (χ2v) is 10.4. The van der Waals surface area contributed by atoms with Crippen molar-refractivity contribution in [2.24, 2.45) is 11.8 Å². The lowest BCUT2D eigenvalue weighted by atomic mass is 9.78. The minimum atomic E-state index is -5.12. The molecule has 0 aromatic heterocycles. The summed E-state index contributed by atoms with van der Waals surface area (Å²) in [6, 6.07) is 12.6. The van der Waals surface area contributed by atoms with Gasteiger partial charge in [-0.3, -0.25) is 9.59 Å². The van der Waals surface area contributed by atoms with Crippen molar-refractivity contribution >= 4 is 17.5 Å². The van der Waals surface area contributed by atoms with Crippen molar-refractivity contribution in [3.8, 4) is 0 Å². The fourth-order valence-corrected chi connectivity index (χ4v) is 6.13. The number of amides is 2. The van der Waals surface area contributed by atoms with E-state index in [-0.39, 0.29) is 19.0 Å². The smallest absolute Gasteiger partial charge is 0.372 e. The van der Waals surface area contributed by atoms with E-state index < -0.39 is 23.2 Å². The van der Waals surface area contributed by atoms with Crippen molar-refractivity contribution in [2.45, 2.75) is 43.9 Å². The van der Waals surface area contributed by atoms with Crippen LogP contribution in [0.25, 0.3) is 0 Å². The number of alkyl halides is 3. The van der Waals surface area contributed by atoms with E-state index in [1.807, 2.05) is 12.1 Å². The van der Waals surface area contributed by atoms with E-state index in [2.05, 4.69) is 16.3 Å². The number of anilines is 1. The van der Waals surface area contributed by atoms with Crippen LogP contribution in [0.5, 0.6) is 0 Å². The van der Waals surface area contributed by atoms with E-state index in [0.717, 1.165) is 61.3 Å². The SMILES string of the molecule is O=C1NCCc2cc(N3CCC(C4CCN(C(=O)[C@](O)(c5ccccc5)C(F)(F)F)CC4)CC3)ccc21. The largest absolute Gasteiger partial charge is 0.430 e. The van der Waals surface area contributed by atoms with Crippen molar-refractivity contribution in [1.82, 2.24) is 10.2 Å². The molecular formula is C28H32F3N3O3. The first-order chi connectivity index (χ1) is 17.7. The Labute approximate surface area is 214 Å². The summed E-state index contributed by atoms with van der Waals surface area (Å²) in [7, 11) is 0. The molecule has 2 amide bonds. The molecule has 3 aliphatic rings. The molecule has 2 saturated heterocycles. The average Bonchev–Trinajstić information content (AvgIpc) is 2.92. The molecule has 0 bridgehead atoms. The van der Waals surface area contributed by atoms with E-state index in [0.29, 0.717) is 31.2 Å². The van der Waals surface area contributed by atoms with Gasteiger partial charge in [-0.25, -0.2) is 0 Å². The average molecular weight is 516 g/mol. The number of aliphatic hydroxyl groups is 1. The number of fused-ring (bicyclic) bond motifs is 1. The van der Waals surface area contributed by atoms with Crippen LogP contribution in [0.15, 0.2) is 48.5 Å². The Kier molecular flexibility index (Phi) is 6.91. The summed E-state index contributed by atoms with van der Waals surface area (Å²) >= 11 is 0. The highest BCUT2D eigenvalue weighted by Gasteiger charge is 2.62. The van der Waals surface area contributed by atoms with Crippen molar-refractivity contribution < 1.29 is 27.9 Å². The summed E-state index contributed by atoms with van der Waals surface area (Å²) in [5.41, 5.74) is -1.04. The number of likely N-dealkylation sites (tertiary alicyclic amines) is 1. The van der Waals surface area contributed by atoms with Crippen LogP contribution in [-0.4, -0.2) is 60.7 Å². The van der Waals surface area contributed by atoms with Gasteiger partial charge in [0.25, 0.3) is 17.4 Å². The van der Waals surface area contributed by atoms with Crippen LogP contribution >= 0.6 is 0 Å². The van der Waals surface area contributed by atoms with Crippen LogP contribution in [0, 0.1) is 11.8 Å². The van der Waals surface area contributed by atoms with Gasteiger partial charge < -0.3 is 20.2 Å². The number of carbonyl (C=O) groups excluding carboxylic acids is 2. The quantitative estimate of drug-likeness (QED) is 0.649. The summed E-state index contributed by atoms with van der Waals surface area (Å²) in [6.45, 7) is 2.85. The molecule has 0 unspecified atom stereocenters. The van der Waals surface area contributed by atoms with E-state index in [1.54, 1.807) is 6.07 Å². The summed E-state index contributed by atoms with van der Waals surface area (Å²) in [5, 5.41) is 13.5. The molecule has 2 fully saturated rings. The zero-order valence-electron chi connectivity index (χ0n) is 20.6. The van der Waals surface area contributed by atoms with Gasteiger partial charge in [-0.2, -0.15) is 13.2 Å². The van der Waals surface area contributed by atoms with Crippen LogP contribution < -0.4 is 10.2 Å². The second-order valence-electron chi connectivity index (χ2n) is 10.4. The zero-order valence-corrected chi connectivity index (χ0v) is 20.6. The van der Waals surface area contributed by atoms with Gasteiger partial charge >= 0.3 is 6.18 Å². The molecular weight excluding hydrogens is 483 g/mol. The Bertz CT molecular complexity index is 1140. The number of nitrogens with one attached hydrogen (secondary N) is 1. The molecule has 37 heavy (non-hydrogen) atoms. The first-order valence-corrected chi connectivity index (χ1v) is 13.0. The van der Waals surface area contributed by atoms with Crippen LogP contribution in [-0.2, 0) is 16.8 Å². The highest BCUT2D eigenvalue weighted by molar-refractivity contribution is 5.97. The van der Waals surface area contributed by atoms with Crippen LogP contribution in [0.4, 0.5) is 18.9 Å². The number of benzene rings is 2. The van der Waals surface area contributed by atoms with E-state index >= 15 is 0 Å². The Balaban J connectivity index is 1.18. The fraction of sp³-hybridized carbons (Fsp3) is 0.500. The third-order valence-electron chi connectivity index (χ3n) is 8.32. The minimum absolute atomic E-state index is 0.0197. The molecule has 2 aromatic carbocycles. The Morgan fingerprint density at radius 3 is 2.16 bits per heavy atom. The maximum absolute atomic E-state index is 13.9. The molecule has 6 nitrogen and oxygen atoms in total. The van der Waals surface area contributed by atoms with Crippen molar-refractivity contribution in [3.63, 3.8) is 0 Å². The van der Waals surface area contributed by atoms with E-state index in [4.69, 9.17) is 0 Å². The van der Waals surface area contributed by atoms with Crippen molar-refractivity contribution in [3.05, 3.63) is 65.2 Å². The molecule has 1 atom stereocenters. The molecule has 9 heteroatoms. The van der Waals surface area contributed by atoms with Crippen LogP contribution in [0.2, 0.25) is 0 Å². The Morgan fingerprint density at radius 1 is 0.919 bits per heavy atom. The lowest BCUT2D eigenvalue weighted by molar-refractivity contribution is -0.262. The molecule has 3 aliphatic heterocycles. The maximum atomic E-state index is 13.9. The number of piperidine rings is 2. The van der Waals surface area contributed by atoms with Gasteiger partial charge in [0.15, 0.2) is 0 Å². The number of carbonyl (C=O) groups is 2. The van der Waals surface area contributed by atoms with Gasteiger partial charge in [0, 0.05) is 49.5 Å². The molecule has 0 aliphatic carbocycles. The highest BCUT2D eigenvalue weighted by atomic mass is 19.4. The second kappa shape index (κ2) is 10.0. The van der Waals surface area contributed by atoms with Crippen molar-refractivity contribution in [1.29, 1.82) is 0 Å². The summed E-state index contributed by atoms with van der Waals surface area (Å²) in [5.74, 6) is -0.518. The molecule has 0 saturated carbocycles. The lowest BCUT2D eigenvalue weighted by Crippen LogP contribution is -2.57. The Hall–Kier alpha value is -3.07. The molecule has 0 radical (unpaired) electrons. The summed E-state index contributed by atoms with van der Waals surface area (Å²) in [6.07, 6.45) is -1.06. The standard InChI is InChI=1S/C28H32F3N3O3/c29-28(30,31)27(37,22-4-2-1-3-5-22)26(36)34-16-11-20(12-17-34)19-9-14-33(15-10-19)23-6-7-24-21(18-23)8-13-32-25(24)35/h1-7,18-20,37H,8-17H2,(H,32,35)/t27-/m1/s1. The van der Waals surface area contributed by atoms with Crippen LogP contribution in [0.3, 0.4) is 0 Å². The number of halogens is 3. The molecule has 2 N–H and O–H groups in total. The van der Waals surface area contributed by atoms with Gasteiger partial charge in [0.2, 0.25) is 0 Å². The molecule has 0 spiro atoms. The fourth-order valence-electron chi connectivity index (χ4n) is 6.13. The molecule has 3 heterocycles. The predicted molar refractivity (Wildman–Crippen MR) is 133 cm³/mol. The third kappa shape index (κ3) is 4.81. The van der Waals surface area contributed by atoms with Crippen molar-refractivity contribution in [2.75, 3.05) is 37.6 Å².